The second-order valence-corrected chi connectivity index (χ2v) is 7.44. The minimum Gasteiger partial charge on any atom is -0.350 e. The van der Waals surface area contributed by atoms with Crippen molar-refractivity contribution >= 4 is 41.7 Å². The van der Waals surface area contributed by atoms with Crippen molar-refractivity contribution in [3.63, 3.8) is 0 Å². The smallest absolute Gasteiger partial charge is 0.252 e. The SMILES string of the molecule is CSc1ccc(Cl)c(C(=O)NCC2NCCCC2(C)C)c1.Cl. The molecule has 0 saturated carbocycles. The highest BCUT2D eigenvalue weighted by atomic mass is 35.5. The van der Waals surface area contributed by atoms with Crippen LogP contribution in [0.1, 0.15) is 37.0 Å². The summed E-state index contributed by atoms with van der Waals surface area (Å²) in [4.78, 5) is 13.4. The molecule has 0 spiro atoms. The number of benzene rings is 1. The molecule has 2 N–H and O–H groups in total. The molecule has 0 radical (unpaired) electrons. The molecule has 1 amide bonds. The highest BCUT2D eigenvalue weighted by molar-refractivity contribution is 7.98. The number of nitrogens with one attached hydrogen (secondary N) is 2. The first-order chi connectivity index (χ1) is 9.94. The molecule has 0 aliphatic carbocycles. The molecule has 3 nitrogen and oxygen atoms in total. The predicted molar refractivity (Wildman–Crippen MR) is 97.6 cm³/mol. The fourth-order valence-corrected chi connectivity index (χ4v) is 3.36. The zero-order valence-corrected chi connectivity index (χ0v) is 15.6. The summed E-state index contributed by atoms with van der Waals surface area (Å²) in [6.07, 6.45) is 4.36. The molecule has 1 aromatic carbocycles. The van der Waals surface area contributed by atoms with Crippen molar-refractivity contribution in [1.29, 1.82) is 0 Å². The molecule has 22 heavy (non-hydrogen) atoms. The van der Waals surface area contributed by atoms with Crippen LogP contribution in [0.2, 0.25) is 5.02 Å². The van der Waals surface area contributed by atoms with E-state index in [-0.39, 0.29) is 23.7 Å². The van der Waals surface area contributed by atoms with Crippen LogP contribution in [0.4, 0.5) is 0 Å². The van der Waals surface area contributed by atoms with Gasteiger partial charge in [0.1, 0.15) is 0 Å². The van der Waals surface area contributed by atoms with Crippen molar-refractivity contribution in [2.24, 2.45) is 5.41 Å². The van der Waals surface area contributed by atoms with E-state index in [1.807, 2.05) is 18.4 Å². The van der Waals surface area contributed by atoms with E-state index in [1.165, 1.54) is 12.8 Å². The first-order valence-corrected chi connectivity index (χ1v) is 8.89. The van der Waals surface area contributed by atoms with Crippen LogP contribution < -0.4 is 10.6 Å². The lowest BCUT2D eigenvalue weighted by molar-refractivity contribution is 0.0929. The van der Waals surface area contributed by atoms with Gasteiger partial charge in [-0.25, -0.2) is 0 Å². The Morgan fingerprint density at radius 3 is 2.86 bits per heavy atom. The Labute approximate surface area is 148 Å². The summed E-state index contributed by atoms with van der Waals surface area (Å²) in [5.74, 6) is -0.0981. The molecule has 1 aliphatic rings. The summed E-state index contributed by atoms with van der Waals surface area (Å²) in [5, 5.41) is 7.02. The molecule has 124 valence electrons. The molecule has 0 bridgehead atoms. The van der Waals surface area contributed by atoms with Crippen molar-refractivity contribution < 1.29 is 4.79 Å². The molecule has 1 fully saturated rings. The fraction of sp³-hybridized carbons (Fsp3) is 0.562. The molecule has 1 saturated heterocycles. The summed E-state index contributed by atoms with van der Waals surface area (Å²) >= 11 is 7.74. The topological polar surface area (TPSA) is 41.1 Å². The average Bonchev–Trinajstić information content (AvgIpc) is 2.46. The Hall–Kier alpha value is -0.420. The summed E-state index contributed by atoms with van der Waals surface area (Å²) in [6, 6.07) is 5.86. The Bertz CT molecular complexity index is 523. The van der Waals surface area contributed by atoms with Crippen molar-refractivity contribution in [3.8, 4) is 0 Å². The van der Waals surface area contributed by atoms with Gasteiger partial charge in [0, 0.05) is 17.5 Å². The standard InChI is InChI=1S/C16H23ClN2OS.ClH/c1-16(2)7-4-8-18-14(16)10-19-15(20)12-9-11(21-3)5-6-13(12)17;/h5-6,9,14,18H,4,7-8,10H2,1-3H3,(H,19,20);1H. The molecule has 1 unspecified atom stereocenters. The van der Waals surface area contributed by atoms with Gasteiger partial charge in [-0.1, -0.05) is 25.4 Å². The quantitative estimate of drug-likeness (QED) is 0.795. The maximum Gasteiger partial charge on any atom is 0.252 e. The number of amides is 1. The molecule has 1 aliphatic heterocycles. The van der Waals surface area contributed by atoms with Gasteiger partial charge >= 0.3 is 0 Å². The summed E-state index contributed by atoms with van der Waals surface area (Å²) in [7, 11) is 0. The van der Waals surface area contributed by atoms with Crippen molar-refractivity contribution in [2.75, 3.05) is 19.3 Å². The Balaban J connectivity index is 0.00000242. The van der Waals surface area contributed by atoms with Crippen molar-refractivity contribution in [1.82, 2.24) is 10.6 Å². The number of piperidine rings is 1. The minimum absolute atomic E-state index is 0. The van der Waals surface area contributed by atoms with E-state index in [9.17, 15) is 4.79 Å². The maximum atomic E-state index is 12.4. The minimum atomic E-state index is -0.0981. The van der Waals surface area contributed by atoms with Gasteiger partial charge in [-0.05, 0) is 49.3 Å². The Morgan fingerprint density at radius 1 is 1.50 bits per heavy atom. The van der Waals surface area contributed by atoms with Gasteiger partial charge in [0.25, 0.3) is 5.91 Å². The number of carbonyl (C=O) groups excluding carboxylic acids is 1. The van der Waals surface area contributed by atoms with E-state index in [0.29, 0.717) is 23.2 Å². The first-order valence-electron chi connectivity index (χ1n) is 7.29. The van der Waals surface area contributed by atoms with Crippen molar-refractivity contribution in [2.45, 2.75) is 37.6 Å². The van der Waals surface area contributed by atoms with Crippen LogP contribution in [-0.2, 0) is 0 Å². The lowest BCUT2D eigenvalue weighted by atomic mass is 9.77. The van der Waals surface area contributed by atoms with Gasteiger partial charge in [-0.2, -0.15) is 0 Å². The van der Waals surface area contributed by atoms with Gasteiger partial charge in [0.2, 0.25) is 0 Å². The van der Waals surface area contributed by atoms with E-state index in [4.69, 9.17) is 11.6 Å². The third-order valence-electron chi connectivity index (χ3n) is 4.22. The lowest BCUT2D eigenvalue weighted by Crippen LogP contribution is -2.52. The van der Waals surface area contributed by atoms with Gasteiger partial charge in [0.15, 0.2) is 0 Å². The van der Waals surface area contributed by atoms with Crippen LogP contribution in [0.3, 0.4) is 0 Å². The molecule has 1 atom stereocenters. The number of hydrogen-bond acceptors (Lipinski definition) is 3. The monoisotopic (exact) mass is 362 g/mol. The second kappa shape index (κ2) is 8.44. The molecule has 1 aromatic rings. The number of thioether (sulfide) groups is 1. The van der Waals surface area contributed by atoms with Gasteiger partial charge in [-0.3, -0.25) is 4.79 Å². The van der Waals surface area contributed by atoms with Crippen molar-refractivity contribution in [3.05, 3.63) is 28.8 Å². The fourth-order valence-electron chi connectivity index (χ4n) is 2.71. The Morgan fingerprint density at radius 2 is 2.23 bits per heavy atom. The molecular formula is C16H24Cl2N2OS. The summed E-state index contributed by atoms with van der Waals surface area (Å²) < 4.78 is 0. The molecule has 2 rings (SSSR count). The Kier molecular flexibility index (Phi) is 7.53. The van der Waals surface area contributed by atoms with Crippen LogP contribution in [0.5, 0.6) is 0 Å². The zero-order chi connectivity index (χ0) is 15.5. The third kappa shape index (κ3) is 4.79. The van der Waals surface area contributed by atoms with Gasteiger partial charge in [0.05, 0.1) is 10.6 Å². The largest absolute Gasteiger partial charge is 0.350 e. The highest BCUT2D eigenvalue weighted by Crippen LogP contribution is 2.29. The molecule has 1 heterocycles. The number of carbonyl (C=O) groups is 1. The average molecular weight is 363 g/mol. The normalized spacial score (nSPS) is 20.1. The van der Waals surface area contributed by atoms with E-state index >= 15 is 0 Å². The molecular weight excluding hydrogens is 339 g/mol. The van der Waals surface area contributed by atoms with E-state index < -0.39 is 0 Å². The first kappa shape index (κ1) is 19.6. The van der Waals surface area contributed by atoms with Gasteiger partial charge in [-0.15, -0.1) is 24.2 Å². The second-order valence-electron chi connectivity index (χ2n) is 6.15. The van der Waals surface area contributed by atoms with Crippen LogP contribution >= 0.6 is 35.8 Å². The molecule has 6 heteroatoms. The predicted octanol–water partition coefficient (Wildman–Crippen LogP) is 3.99. The maximum absolute atomic E-state index is 12.4. The van der Waals surface area contributed by atoms with E-state index in [2.05, 4.69) is 24.5 Å². The highest BCUT2D eigenvalue weighted by Gasteiger charge is 2.32. The summed E-state index contributed by atoms with van der Waals surface area (Å²) in [5.41, 5.74) is 0.758. The number of halogens is 2. The van der Waals surface area contributed by atoms with Gasteiger partial charge < -0.3 is 10.6 Å². The van der Waals surface area contributed by atoms with E-state index in [1.54, 1.807) is 17.8 Å². The third-order valence-corrected chi connectivity index (χ3v) is 5.27. The summed E-state index contributed by atoms with van der Waals surface area (Å²) in [6.45, 7) is 6.15. The number of rotatable bonds is 4. The van der Waals surface area contributed by atoms with Crippen LogP contribution in [0.15, 0.2) is 23.1 Å². The van der Waals surface area contributed by atoms with E-state index in [0.717, 1.165) is 11.4 Å². The van der Waals surface area contributed by atoms with Crippen LogP contribution in [0.25, 0.3) is 0 Å². The lowest BCUT2D eigenvalue weighted by Gasteiger charge is -2.39. The van der Waals surface area contributed by atoms with Crippen LogP contribution in [-0.4, -0.2) is 31.3 Å². The van der Waals surface area contributed by atoms with Crippen LogP contribution in [0, 0.1) is 5.41 Å². The molecule has 0 aromatic heterocycles. The number of hydrogen-bond donors (Lipinski definition) is 2. The zero-order valence-electron chi connectivity index (χ0n) is 13.2.